The van der Waals surface area contributed by atoms with E-state index >= 15 is 0 Å². The van der Waals surface area contributed by atoms with Crippen LogP contribution in [0.1, 0.15) is 17.8 Å². The Labute approximate surface area is 164 Å². The summed E-state index contributed by atoms with van der Waals surface area (Å²) in [4.78, 5) is 20.3. The second-order valence-electron chi connectivity index (χ2n) is 5.11. The SMILES string of the molecule is COC(CN)CC(=O)NCCCc1nc(-c2ccncc2)cs1.Cl.Cl. The molecule has 0 aliphatic heterocycles. The minimum atomic E-state index is -0.211. The minimum Gasteiger partial charge on any atom is -0.380 e. The molecule has 3 N–H and O–H groups in total. The first-order valence-electron chi connectivity index (χ1n) is 7.57. The Balaban J connectivity index is 0.00000288. The van der Waals surface area contributed by atoms with Crippen molar-refractivity contribution in [3.63, 3.8) is 0 Å². The fraction of sp³-hybridized carbons (Fsp3) is 0.438. The second kappa shape index (κ2) is 13.0. The lowest BCUT2D eigenvalue weighted by atomic mass is 10.2. The Morgan fingerprint density at radius 1 is 1.36 bits per heavy atom. The monoisotopic (exact) mass is 406 g/mol. The standard InChI is InChI=1S/C16H22N4O2S.2ClH/c1-22-13(10-17)9-15(21)19-6-2-3-16-20-14(11-23-16)12-4-7-18-8-5-12;;/h4-5,7-8,11,13H,2-3,6,9-10,17H2,1H3,(H,19,21);2*1H. The van der Waals surface area contributed by atoms with E-state index in [4.69, 9.17) is 10.5 Å². The summed E-state index contributed by atoms with van der Waals surface area (Å²) < 4.78 is 5.09. The van der Waals surface area contributed by atoms with E-state index in [0.717, 1.165) is 29.1 Å². The average molecular weight is 407 g/mol. The van der Waals surface area contributed by atoms with Gasteiger partial charge in [-0.25, -0.2) is 4.98 Å². The zero-order valence-electron chi connectivity index (χ0n) is 14.0. The van der Waals surface area contributed by atoms with Crippen LogP contribution in [-0.2, 0) is 16.0 Å². The molecular weight excluding hydrogens is 383 g/mol. The fourth-order valence-corrected chi connectivity index (χ4v) is 2.94. The van der Waals surface area contributed by atoms with E-state index < -0.39 is 0 Å². The first-order chi connectivity index (χ1) is 11.2. The van der Waals surface area contributed by atoms with Gasteiger partial charge in [0.2, 0.25) is 5.91 Å². The first kappa shape index (κ1) is 23.8. The van der Waals surface area contributed by atoms with Gasteiger partial charge in [-0.2, -0.15) is 0 Å². The van der Waals surface area contributed by atoms with Gasteiger partial charge in [0, 0.05) is 50.0 Å². The highest BCUT2D eigenvalue weighted by Gasteiger charge is 2.11. The molecule has 1 atom stereocenters. The number of amides is 1. The lowest BCUT2D eigenvalue weighted by Crippen LogP contribution is -2.32. The van der Waals surface area contributed by atoms with Crippen LogP contribution in [0.15, 0.2) is 29.9 Å². The maximum atomic E-state index is 11.7. The largest absolute Gasteiger partial charge is 0.380 e. The van der Waals surface area contributed by atoms with Crippen LogP contribution in [0.5, 0.6) is 0 Å². The van der Waals surface area contributed by atoms with Crippen LogP contribution in [0.25, 0.3) is 11.3 Å². The van der Waals surface area contributed by atoms with Crippen LogP contribution < -0.4 is 11.1 Å². The molecule has 1 unspecified atom stereocenters. The topological polar surface area (TPSA) is 90.1 Å². The summed E-state index contributed by atoms with van der Waals surface area (Å²) in [5.74, 6) is -0.0288. The minimum absolute atomic E-state index is 0. The maximum absolute atomic E-state index is 11.7. The Hall–Kier alpha value is -1.25. The maximum Gasteiger partial charge on any atom is 0.222 e. The molecule has 0 aliphatic carbocycles. The number of carbonyl (C=O) groups is 1. The van der Waals surface area contributed by atoms with Crippen molar-refractivity contribution in [2.75, 3.05) is 20.2 Å². The Kier molecular flexibility index (Phi) is 12.4. The third kappa shape index (κ3) is 8.11. The number of aryl methyl sites for hydroxylation is 1. The molecule has 0 radical (unpaired) electrons. The molecule has 0 saturated heterocycles. The molecule has 140 valence electrons. The zero-order chi connectivity index (χ0) is 16.5. The van der Waals surface area contributed by atoms with Gasteiger partial charge in [0.25, 0.3) is 0 Å². The van der Waals surface area contributed by atoms with Crippen molar-refractivity contribution in [2.24, 2.45) is 5.73 Å². The molecule has 2 rings (SSSR count). The van der Waals surface area contributed by atoms with Gasteiger partial charge in [-0.1, -0.05) is 0 Å². The zero-order valence-corrected chi connectivity index (χ0v) is 16.5. The number of nitrogens with zero attached hydrogens (tertiary/aromatic N) is 2. The predicted octanol–water partition coefficient (Wildman–Crippen LogP) is 2.46. The van der Waals surface area contributed by atoms with E-state index in [1.54, 1.807) is 30.8 Å². The molecule has 9 heteroatoms. The first-order valence-corrected chi connectivity index (χ1v) is 8.45. The van der Waals surface area contributed by atoms with Crippen molar-refractivity contribution in [2.45, 2.75) is 25.4 Å². The summed E-state index contributed by atoms with van der Waals surface area (Å²) in [6, 6.07) is 3.89. The summed E-state index contributed by atoms with van der Waals surface area (Å²) in [5, 5.41) is 6.01. The van der Waals surface area contributed by atoms with E-state index in [1.807, 2.05) is 17.5 Å². The summed E-state index contributed by atoms with van der Waals surface area (Å²) in [5.41, 5.74) is 7.54. The molecule has 6 nitrogen and oxygen atoms in total. The van der Waals surface area contributed by atoms with E-state index in [0.29, 0.717) is 19.5 Å². The van der Waals surface area contributed by atoms with Gasteiger partial charge in [0.1, 0.15) is 0 Å². The molecule has 2 heterocycles. The van der Waals surface area contributed by atoms with Crippen molar-refractivity contribution >= 4 is 42.1 Å². The third-order valence-electron chi connectivity index (χ3n) is 3.43. The number of nitrogens with one attached hydrogen (secondary N) is 1. The molecule has 0 spiro atoms. The van der Waals surface area contributed by atoms with Crippen molar-refractivity contribution < 1.29 is 9.53 Å². The number of methoxy groups -OCH3 is 1. The van der Waals surface area contributed by atoms with Gasteiger partial charge in [0.05, 0.1) is 23.2 Å². The third-order valence-corrected chi connectivity index (χ3v) is 4.34. The quantitative estimate of drug-likeness (QED) is 0.624. The van der Waals surface area contributed by atoms with Crippen molar-refractivity contribution in [1.82, 2.24) is 15.3 Å². The van der Waals surface area contributed by atoms with E-state index in [-0.39, 0.29) is 36.8 Å². The number of hydrogen-bond acceptors (Lipinski definition) is 6. The number of rotatable bonds is 9. The van der Waals surface area contributed by atoms with Crippen LogP contribution in [0, 0.1) is 0 Å². The van der Waals surface area contributed by atoms with Gasteiger partial charge >= 0.3 is 0 Å². The molecule has 0 aliphatic rings. The molecular formula is C16H24Cl2N4O2S. The molecule has 2 aromatic heterocycles. The molecule has 25 heavy (non-hydrogen) atoms. The smallest absolute Gasteiger partial charge is 0.222 e. The highest BCUT2D eigenvalue weighted by Crippen LogP contribution is 2.21. The summed E-state index contributed by atoms with van der Waals surface area (Å²) in [6.07, 6.45) is 5.32. The van der Waals surface area contributed by atoms with Gasteiger partial charge in [-0.05, 0) is 18.6 Å². The molecule has 0 saturated carbocycles. The Bertz CT molecular complexity index is 609. The molecule has 0 aromatic carbocycles. The Morgan fingerprint density at radius 3 is 2.72 bits per heavy atom. The van der Waals surface area contributed by atoms with Crippen LogP contribution in [0.2, 0.25) is 0 Å². The lowest BCUT2D eigenvalue weighted by Gasteiger charge is -2.12. The summed E-state index contributed by atoms with van der Waals surface area (Å²) in [7, 11) is 1.56. The highest BCUT2D eigenvalue weighted by molar-refractivity contribution is 7.09. The van der Waals surface area contributed by atoms with Gasteiger partial charge in [0.15, 0.2) is 0 Å². The van der Waals surface area contributed by atoms with Gasteiger partial charge in [-0.15, -0.1) is 36.2 Å². The number of nitrogens with two attached hydrogens (primary N) is 1. The van der Waals surface area contributed by atoms with Gasteiger partial charge in [-0.3, -0.25) is 9.78 Å². The molecule has 2 aromatic rings. The Morgan fingerprint density at radius 2 is 2.08 bits per heavy atom. The summed E-state index contributed by atoms with van der Waals surface area (Å²) >= 11 is 1.64. The number of carbonyl (C=O) groups excluding carboxylic acids is 1. The number of aromatic nitrogens is 2. The highest BCUT2D eigenvalue weighted by atomic mass is 35.5. The van der Waals surface area contributed by atoms with Crippen molar-refractivity contribution in [3.8, 4) is 11.3 Å². The number of halogens is 2. The predicted molar refractivity (Wildman–Crippen MR) is 106 cm³/mol. The number of ether oxygens (including phenoxy) is 1. The van der Waals surface area contributed by atoms with Crippen LogP contribution in [0.3, 0.4) is 0 Å². The van der Waals surface area contributed by atoms with E-state index in [2.05, 4.69) is 15.3 Å². The second-order valence-corrected chi connectivity index (χ2v) is 6.06. The average Bonchev–Trinajstić information content (AvgIpc) is 3.06. The van der Waals surface area contributed by atoms with Crippen LogP contribution in [0.4, 0.5) is 0 Å². The molecule has 0 bridgehead atoms. The molecule has 1 amide bonds. The number of thiazole rings is 1. The summed E-state index contributed by atoms with van der Waals surface area (Å²) in [6.45, 7) is 0.977. The van der Waals surface area contributed by atoms with Crippen LogP contribution >= 0.6 is 36.2 Å². The van der Waals surface area contributed by atoms with Crippen molar-refractivity contribution in [3.05, 3.63) is 34.9 Å². The van der Waals surface area contributed by atoms with E-state index in [9.17, 15) is 4.79 Å². The van der Waals surface area contributed by atoms with Crippen LogP contribution in [-0.4, -0.2) is 42.2 Å². The number of hydrogen-bond donors (Lipinski definition) is 2. The lowest BCUT2D eigenvalue weighted by molar-refractivity contribution is -0.123. The van der Waals surface area contributed by atoms with Gasteiger partial charge < -0.3 is 15.8 Å². The van der Waals surface area contributed by atoms with Crippen molar-refractivity contribution in [1.29, 1.82) is 0 Å². The van der Waals surface area contributed by atoms with E-state index in [1.165, 1.54) is 0 Å². The number of pyridine rings is 1. The molecule has 0 fully saturated rings. The normalized spacial score (nSPS) is 11.1. The fourth-order valence-electron chi connectivity index (χ4n) is 2.09.